The van der Waals surface area contributed by atoms with Gasteiger partial charge < -0.3 is 5.11 Å². The van der Waals surface area contributed by atoms with Gasteiger partial charge in [0.1, 0.15) is 6.10 Å². The van der Waals surface area contributed by atoms with Crippen LogP contribution in [0.2, 0.25) is 0 Å². The zero-order valence-electron chi connectivity index (χ0n) is 9.69. The van der Waals surface area contributed by atoms with Crippen LogP contribution in [0.3, 0.4) is 0 Å². The van der Waals surface area contributed by atoms with Crippen molar-refractivity contribution in [3.63, 3.8) is 0 Å². The molecule has 0 amide bonds. The number of hydrogen-bond acceptors (Lipinski definition) is 2. The fourth-order valence-electron chi connectivity index (χ4n) is 1.87. The van der Waals surface area contributed by atoms with Crippen LogP contribution in [0.1, 0.15) is 36.1 Å². The summed E-state index contributed by atoms with van der Waals surface area (Å²) < 4.78 is 1.21. The number of hydrogen-bond donors (Lipinski definition) is 1. The van der Waals surface area contributed by atoms with Gasteiger partial charge in [0.15, 0.2) is 0 Å². The molecule has 0 radical (unpaired) electrons. The second-order valence-electron chi connectivity index (χ2n) is 4.08. The van der Waals surface area contributed by atoms with E-state index < -0.39 is 6.10 Å². The van der Waals surface area contributed by atoms with Crippen molar-refractivity contribution in [2.75, 3.05) is 0 Å². The van der Waals surface area contributed by atoms with Crippen LogP contribution in [-0.4, -0.2) is 5.11 Å². The highest BCUT2D eigenvalue weighted by Crippen LogP contribution is 2.27. The fraction of sp³-hybridized carbons (Fsp3) is 0.286. The quantitative estimate of drug-likeness (QED) is 0.804. The Balaban J connectivity index is 2.24. The van der Waals surface area contributed by atoms with Crippen LogP contribution >= 0.6 is 33.9 Å². The molecule has 0 aliphatic heterocycles. The third kappa shape index (κ3) is 3.30. The maximum atomic E-state index is 10.3. The molecule has 0 saturated carbocycles. The molecule has 1 nitrogen and oxygen atoms in total. The molecule has 90 valence electrons. The van der Waals surface area contributed by atoms with Crippen molar-refractivity contribution < 1.29 is 5.11 Å². The Morgan fingerprint density at radius 2 is 2.12 bits per heavy atom. The SMILES string of the molecule is CCCc1cccc(C(O)c2csc(I)c2)c1. The Morgan fingerprint density at radius 1 is 1.29 bits per heavy atom. The first-order valence-electron chi connectivity index (χ1n) is 5.71. The molecule has 0 fully saturated rings. The maximum absolute atomic E-state index is 10.3. The summed E-state index contributed by atoms with van der Waals surface area (Å²) in [5, 5.41) is 12.3. The summed E-state index contributed by atoms with van der Waals surface area (Å²) in [5.74, 6) is 0. The molecular formula is C14H15IOS. The third-order valence-corrected chi connectivity index (χ3v) is 4.52. The second-order valence-corrected chi connectivity index (χ2v) is 6.89. The van der Waals surface area contributed by atoms with Crippen molar-refractivity contribution in [1.29, 1.82) is 0 Å². The first-order chi connectivity index (χ1) is 8.20. The largest absolute Gasteiger partial charge is 0.384 e. The lowest BCUT2D eigenvalue weighted by Crippen LogP contribution is -1.98. The number of aliphatic hydroxyl groups is 1. The summed E-state index contributed by atoms with van der Waals surface area (Å²) in [5.41, 5.74) is 3.28. The lowest BCUT2D eigenvalue weighted by Gasteiger charge is -2.10. The Labute approximate surface area is 120 Å². The molecule has 2 rings (SSSR count). The van der Waals surface area contributed by atoms with E-state index >= 15 is 0 Å². The van der Waals surface area contributed by atoms with Crippen LogP contribution < -0.4 is 0 Å². The zero-order chi connectivity index (χ0) is 12.3. The topological polar surface area (TPSA) is 20.2 Å². The number of aliphatic hydroxyl groups excluding tert-OH is 1. The van der Waals surface area contributed by atoms with Crippen LogP contribution in [0, 0.1) is 2.88 Å². The van der Waals surface area contributed by atoms with Gasteiger partial charge in [0.05, 0.1) is 2.88 Å². The summed E-state index contributed by atoms with van der Waals surface area (Å²) in [6, 6.07) is 10.3. The minimum Gasteiger partial charge on any atom is -0.384 e. The van der Waals surface area contributed by atoms with Gasteiger partial charge in [-0.05, 0) is 57.1 Å². The van der Waals surface area contributed by atoms with Crippen molar-refractivity contribution in [3.8, 4) is 0 Å². The highest BCUT2D eigenvalue weighted by atomic mass is 127. The molecule has 2 aromatic rings. The molecule has 1 heterocycles. The van der Waals surface area contributed by atoms with Gasteiger partial charge in [-0.1, -0.05) is 37.6 Å². The van der Waals surface area contributed by atoms with E-state index in [1.807, 2.05) is 23.6 Å². The van der Waals surface area contributed by atoms with Crippen LogP contribution in [0.25, 0.3) is 0 Å². The van der Waals surface area contributed by atoms with Gasteiger partial charge in [-0.3, -0.25) is 0 Å². The van der Waals surface area contributed by atoms with E-state index in [1.165, 1.54) is 8.45 Å². The van der Waals surface area contributed by atoms with E-state index in [4.69, 9.17) is 0 Å². The van der Waals surface area contributed by atoms with Gasteiger partial charge in [0, 0.05) is 0 Å². The molecule has 1 aromatic heterocycles. The van der Waals surface area contributed by atoms with E-state index in [9.17, 15) is 5.11 Å². The summed E-state index contributed by atoms with van der Waals surface area (Å²) in [6.07, 6.45) is 1.71. The second kappa shape index (κ2) is 5.98. The van der Waals surface area contributed by atoms with E-state index in [0.29, 0.717) is 0 Å². The smallest absolute Gasteiger partial charge is 0.105 e. The van der Waals surface area contributed by atoms with Crippen molar-refractivity contribution >= 4 is 33.9 Å². The Bertz CT molecular complexity index is 492. The van der Waals surface area contributed by atoms with Crippen LogP contribution in [-0.2, 0) is 6.42 Å². The zero-order valence-corrected chi connectivity index (χ0v) is 12.7. The molecule has 1 aromatic carbocycles. The van der Waals surface area contributed by atoms with Gasteiger partial charge in [-0.2, -0.15) is 0 Å². The molecule has 0 spiro atoms. The number of aryl methyl sites for hydroxylation is 1. The summed E-state index contributed by atoms with van der Waals surface area (Å²) in [6.45, 7) is 2.17. The number of halogens is 1. The van der Waals surface area contributed by atoms with Crippen molar-refractivity contribution in [2.45, 2.75) is 25.9 Å². The molecule has 0 aliphatic rings. The van der Waals surface area contributed by atoms with E-state index in [1.54, 1.807) is 11.3 Å². The minimum atomic E-state index is -0.494. The number of thiophene rings is 1. The average molecular weight is 358 g/mol. The van der Waals surface area contributed by atoms with Gasteiger partial charge >= 0.3 is 0 Å². The van der Waals surface area contributed by atoms with Gasteiger partial charge in [0.25, 0.3) is 0 Å². The maximum Gasteiger partial charge on any atom is 0.105 e. The molecule has 1 unspecified atom stereocenters. The highest BCUT2D eigenvalue weighted by molar-refractivity contribution is 14.1. The lowest BCUT2D eigenvalue weighted by atomic mass is 10.0. The molecule has 17 heavy (non-hydrogen) atoms. The average Bonchev–Trinajstić information content (AvgIpc) is 2.76. The van der Waals surface area contributed by atoms with Crippen LogP contribution in [0.4, 0.5) is 0 Å². The Kier molecular flexibility index (Phi) is 4.59. The number of rotatable bonds is 4. The van der Waals surface area contributed by atoms with Crippen molar-refractivity contribution in [1.82, 2.24) is 0 Å². The van der Waals surface area contributed by atoms with Crippen molar-refractivity contribution in [2.24, 2.45) is 0 Å². The van der Waals surface area contributed by atoms with Crippen molar-refractivity contribution in [3.05, 3.63) is 55.3 Å². The fourth-order valence-corrected chi connectivity index (χ4v) is 3.26. The molecule has 0 aliphatic carbocycles. The summed E-state index contributed by atoms with van der Waals surface area (Å²) >= 11 is 3.95. The predicted octanol–water partition coefficient (Wildman–Crippen LogP) is 4.39. The van der Waals surface area contributed by atoms with E-state index in [2.05, 4.69) is 41.6 Å². The standard InChI is InChI=1S/C14H15IOS/c1-2-4-10-5-3-6-11(7-10)14(16)12-8-13(15)17-9-12/h3,5-9,14,16H,2,4H2,1H3. The third-order valence-electron chi connectivity index (χ3n) is 2.71. The molecular weight excluding hydrogens is 343 g/mol. The first-order valence-corrected chi connectivity index (χ1v) is 7.67. The first kappa shape index (κ1) is 13.1. The van der Waals surface area contributed by atoms with Gasteiger partial charge in [-0.25, -0.2) is 0 Å². The molecule has 0 saturated heterocycles. The Hall–Kier alpha value is -0.390. The van der Waals surface area contributed by atoms with Gasteiger partial charge in [-0.15, -0.1) is 11.3 Å². The highest BCUT2D eigenvalue weighted by Gasteiger charge is 2.12. The predicted molar refractivity (Wildman–Crippen MR) is 81.5 cm³/mol. The minimum absolute atomic E-state index is 0.494. The molecule has 0 bridgehead atoms. The van der Waals surface area contributed by atoms with Crippen LogP contribution in [0.5, 0.6) is 0 Å². The number of benzene rings is 1. The molecule has 1 N–H and O–H groups in total. The summed E-state index contributed by atoms with van der Waals surface area (Å²) in [4.78, 5) is 0. The van der Waals surface area contributed by atoms with Crippen LogP contribution in [0.15, 0.2) is 35.7 Å². The molecule has 1 atom stereocenters. The summed E-state index contributed by atoms with van der Waals surface area (Å²) in [7, 11) is 0. The van der Waals surface area contributed by atoms with E-state index in [-0.39, 0.29) is 0 Å². The van der Waals surface area contributed by atoms with E-state index in [0.717, 1.165) is 24.0 Å². The Morgan fingerprint density at radius 3 is 2.76 bits per heavy atom. The molecule has 3 heteroatoms. The van der Waals surface area contributed by atoms with Gasteiger partial charge in [0.2, 0.25) is 0 Å². The normalized spacial score (nSPS) is 12.6. The monoisotopic (exact) mass is 358 g/mol. The lowest BCUT2D eigenvalue weighted by molar-refractivity contribution is 0.220.